The summed E-state index contributed by atoms with van der Waals surface area (Å²) in [4.78, 5) is 0. The zero-order valence-corrected chi connectivity index (χ0v) is 11.8. The molecule has 2 unspecified atom stereocenters. The Morgan fingerprint density at radius 3 is 3.18 bits per heavy atom. The van der Waals surface area contributed by atoms with Crippen LogP contribution in [0.25, 0.3) is 0 Å². The van der Waals surface area contributed by atoms with Crippen molar-refractivity contribution in [1.82, 2.24) is 9.78 Å². The van der Waals surface area contributed by atoms with Crippen LogP contribution in [-0.4, -0.2) is 23.0 Å². The maximum absolute atomic E-state index is 6.30. The molecule has 5 heteroatoms. The van der Waals surface area contributed by atoms with Crippen LogP contribution in [0.3, 0.4) is 0 Å². The smallest absolute Gasteiger partial charge is 0.0693 e. The fourth-order valence-electron chi connectivity index (χ4n) is 2.37. The summed E-state index contributed by atoms with van der Waals surface area (Å²) < 4.78 is 8.44. The van der Waals surface area contributed by atoms with Crippen LogP contribution in [0.5, 0.6) is 0 Å². The van der Waals surface area contributed by atoms with Crippen molar-refractivity contribution in [3.8, 4) is 0 Å². The van der Waals surface area contributed by atoms with E-state index >= 15 is 0 Å². The highest BCUT2D eigenvalue weighted by molar-refractivity contribution is 9.10. The van der Waals surface area contributed by atoms with Crippen LogP contribution in [0.4, 0.5) is 0 Å². The van der Waals surface area contributed by atoms with E-state index in [1.807, 2.05) is 10.9 Å². The molecule has 1 aromatic rings. The van der Waals surface area contributed by atoms with E-state index in [-0.39, 0.29) is 6.04 Å². The highest BCUT2D eigenvalue weighted by atomic mass is 79.9. The summed E-state index contributed by atoms with van der Waals surface area (Å²) in [6.45, 7) is 4.81. The van der Waals surface area contributed by atoms with Gasteiger partial charge in [-0.1, -0.05) is 6.92 Å². The first-order valence-electron chi connectivity index (χ1n) is 6.27. The molecule has 1 aliphatic rings. The number of nitrogens with two attached hydrogens (primary N) is 1. The molecule has 96 valence electrons. The highest BCUT2D eigenvalue weighted by Gasteiger charge is 2.23. The van der Waals surface area contributed by atoms with Gasteiger partial charge in [-0.05, 0) is 41.1 Å². The van der Waals surface area contributed by atoms with Crippen molar-refractivity contribution in [3.05, 3.63) is 16.4 Å². The number of halogens is 1. The second kappa shape index (κ2) is 5.98. The second-order valence-electron chi connectivity index (χ2n) is 4.67. The number of hydrogen-bond donors (Lipinski definition) is 1. The standard InChI is InChI=1S/C12H20BrN3O/c1-2-4-16-12(10(13)7-15-16)11(14)6-9-3-5-17-8-9/h7,9,11H,2-6,8,14H2,1H3. The summed E-state index contributed by atoms with van der Waals surface area (Å²) in [5.74, 6) is 0.599. The number of aryl methyl sites for hydroxylation is 1. The Labute approximate surface area is 111 Å². The van der Waals surface area contributed by atoms with Gasteiger partial charge in [0.1, 0.15) is 0 Å². The largest absolute Gasteiger partial charge is 0.381 e. The van der Waals surface area contributed by atoms with E-state index < -0.39 is 0 Å². The zero-order chi connectivity index (χ0) is 12.3. The van der Waals surface area contributed by atoms with E-state index in [1.165, 1.54) is 0 Å². The SMILES string of the molecule is CCCn1ncc(Br)c1C(N)CC1CCOC1. The summed E-state index contributed by atoms with van der Waals surface area (Å²) in [5.41, 5.74) is 7.43. The molecule has 0 amide bonds. The van der Waals surface area contributed by atoms with Gasteiger partial charge in [0.05, 0.1) is 16.4 Å². The van der Waals surface area contributed by atoms with Crippen molar-refractivity contribution in [3.63, 3.8) is 0 Å². The lowest BCUT2D eigenvalue weighted by Gasteiger charge is -2.17. The lowest BCUT2D eigenvalue weighted by atomic mass is 9.98. The first-order chi connectivity index (χ1) is 8.22. The molecular weight excluding hydrogens is 282 g/mol. The molecule has 17 heavy (non-hydrogen) atoms. The third-order valence-corrected chi connectivity index (χ3v) is 3.84. The minimum Gasteiger partial charge on any atom is -0.381 e. The number of nitrogens with zero attached hydrogens (tertiary/aromatic N) is 2. The van der Waals surface area contributed by atoms with E-state index in [9.17, 15) is 0 Å². The van der Waals surface area contributed by atoms with Gasteiger partial charge >= 0.3 is 0 Å². The summed E-state index contributed by atoms with van der Waals surface area (Å²) in [5, 5.41) is 4.36. The molecule has 2 N–H and O–H groups in total. The molecule has 4 nitrogen and oxygen atoms in total. The van der Waals surface area contributed by atoms with E-state index in [0.717, 1.165) is 49.2 Å². The molecule has 2 rings (SSSR count). The fraction of sp³-hybridized carbons (Fsp3) is 0.750. The van der Waals surface area contributed by atoms with E-state index in [2.05, 4.69) is 28.0 Å². The molecule has 0 aromatic carbocycles. The Morgan fingerprint density at radius 1 is 1.71 bits per heavy atom. The van der Waals surface area contributed by atoms with Gasteiger partial charge in [0.2, 0.25) is 0 Å². The van der Waals surface area contributed by atoms with Crippen molar-refractivity contribution < 1.29 is 4.74 Å². The van der Waals surface area contributed by atoms with Gasteiger partial charge in [-0.3, -0.25) is 4.68 Å². The van der Waals surface area contributed by atoms with Gasteiger partial charge in [0.25, 0.3) is 0 Å². The van der Waals surface area contributed by atoms with E-state index in [0.29, 0.717) is 5.92 Å². The summed E-state index contributed by atoms with van der Waals surface area (Å²) in [6, 6.07) is 0.0464. The van der Waals surface area contributed by atoms with Crippen molar-refractivity contribution in [2.24, 2.45) is 11.7 Å². The Balaban J connectivity index is 2.05. The zero-order valence-electron chi connectivity index (χ0n) is 10.2. The number of rotatable bonds is 5. The highest BCUT2D eigenvalue weighted by Crippen LogP contribution is 2.29. The summed E-state index contributed by atoms with van der Waals surface area (Å²) in [6.07, 6.45) is 5.03. The van der Waals surface area contributed by atoms with Gasteiger partial charge in [-0.25, -0.2) is 0 Å². The molecule has 1 saturated heterocycles. The van der Waals surface area contributed by atoms with Crippen LogP contribution >= 0.6 is 15.9 Å². The minimum absolute atomic E-state index is 0.0464. The maximum atomic E-state index is 6.30. The average Bonchev–Trinajstić information content (AvgIpc) is 2.89. The molecule has 0 saturated carbocycles. The van der Waals surface area contributed by atoms with E-state index in [1.54, 1.807) is 0 Å². The predicted octanol–water partition coefficient (Wildman–Crippen LogP) is 2.48. The van der Waals surface area contributed by atoms with Gasteiger partial charge in [-0.2, -0.15) is 5.10 Å². The molecule has 0 radical (unpaired) electrons. The summed E-state index contributed by atoms with van der Waals surface area (Å²) in [7, 11) is 0. The van der Waals surface area contributed by atoms with Gasteiger partial charge < -0.3 is 10.5 Å². The van der Waals surface area contributed by atoms with E-state index in [4.69, 9.17) is 10.5 Å². The maximum Gasteiger partial charge on any atom is 0.0693 e. The van der Waals surface area contributed by atoms with Gasteiger partial charge in [0.15, 0.2) is 0 Å². The van der Waals surface area contributed by atoms with Crippen LogP contribution < -0.4 is 5.73 Å². The second-order valence-corrected chi connectivity index (χ2v) is 5.53. The van der Waals surface area contributed by atoms with Crippen molar-refractivity contribution in [1.29, 1.82) is 0 Å². The normalized spacial score (nSPS) is 21.9. The van der Waals surface area contributed by atoms with Crippen LogP contribution in [0.15, 0.2) is 10.7 Å². The topological polar surface area (TPSA) is 53.1 Å². The molecular formula is C12H20BrN3O. The number of aromatic nitrogens is 2. The Morgan fingerprint density at radius 2 is 2.53 bits per heavy atom. The lowest BCUT2D eigenvalue weighted by molar-refractivity contribution is 0.182. The molecule has 1 aromatic heterocycles. The summed E-state index contributed by atoms with van der Waals surface area (Å²) >= 11 is 3.54. The molecule has 0 bridgehead atoms. The van der Waals surface area contributed by atoms with Crippen molar-refractivity contribution in [2.45, 2.75) is 38.8 Å². The van der Waals surface area contributed by atoms with Crippen LogP contribution in [-0.2, 0) is 11.3 Å². The lowest BCUT2D eigenvalue weighted by Crippen LogP contribution is -2.20. The number of ether oxygens (including phenoxy) is 1. The molecule has 0 spiro atoms. The molecule has 1 fully saturated rings. The van der Waals surface area contributed by atoms with Crippen molar-refractivity contribution >= 4 is 15.9 Å². The van der Waals surface area contributed by atoms with Crippen LogP contribution in [0, 0.1) is 5.92 Å². The van der Waals surface area contributed by atoms with Crippen molar-refractivity contribution in [2.75, 3.05) is 13.2 Å². The average molecular weight is 302 g/mol. The van der Waals surface area contributed by atoms with Gasteiger partial charge in [0, 0.05) is 25.8 Å². The van der Waals surface area contributed by atoms with Gasteiger partial charge in [-0.15, -0.1) is 0 Å². The Hall–Kier alpha value is -0.390. The minimum atomic E-state index is 0.0464. The molecule has 1 aliphatic heterocycles. The predicted molar refractivity (Wildman–Crippen MR) is 70.7 cm³/mol. The Bertz CT molecular complexity index is 361. The monoisotopic (exact) mass is 301 g/mol. The molecule has 2 heterocycles. The first kappa shape index (κ1) is 13.1. The molecule has 2 atom stereocenters. The number of hydrogen-bond acceptors (Lipinski definition) is 3. The quantitative estimate of drug-likeness (QED) is 0.909. The molecule has 0 aliphatic carbocycles. The first-order valence-corrected chi connectivity index (χ1v) is 7.06. The third kappa shape index (κ3) is 3.09. The van der Waals surface area contributed by atoms with Crippen LogP contribution in [0.1, 0.15) is 37.9 Å². The third-order valence-electron chi connectivity index (χ3n) is 3.23. The van der Waals surface area contributed by atoms with Crippen LogP contribution in [0.2, 0.25) is 0 Å². The fourth-order valence-corrected chi connectivity index (χ4v) is 2.96. The Kier molecular flexibility index (Phi) is 4.59.